The smallest absolute Gasteiger partial charge is 0.330 e. The Labute approximate surface area is 141 Å². The maximum absolute atomic E-state index is 12.6. The third kappa shape index (κ3) is 3.65. The molecule has 0 amide bonds. The van der Waals surface area contributed by atoms with Crippen LogP contribution in [0.25, 0.3) is 0 Å². The summed E-state index contributed by atoms with van der Waals surface area (Å²) in [5, 5.41) is 37.8. The monoisotopic (exact) mass is 359 g/mol. The molecule has 1 unspecified atom stereocenters. The van der Waals surface area contributed by atoms with Gasteiger partial charge in [-0.25, -0.2) is 4.79 Å². The largest absolute Gasteiger partial charge is 0.480 e. The van der Waals surface area contributed by atoms with Crippen molar-refractivity contribution in [2.45, 2.75) is 43.4 Å². The number of nitrogens with zero attached hydrogens (tertiary/aromatic N) is 2. The zero-order valence-electron chi connectivity index (χ0n) is 13.5. The fraction of sp³-hybridized carbons (Fsp3) is 0.643. The minimum atomic E-state index is -1.46. The van der Waals surface area contributed by atoms with E-state index in [1.807, 2.05) is 0 Å². The molecule has 2 heterocycles. The summed E-state index contributed by atoms with van der Waals surface area (Å²) in [6, 6.07) is -1.24. The number of carbonyl (C=O) groups is 1. The molecule has 11 heteroatoms. The second kappa shape index (κ2) is 7.45. The van der Waals surface area contributed by atoms with Gasteiger partial charge in [0.05, 0.1) is 12.2 Å². The van der Waals surface area contributed by atoms with Crippen molar-refractivity contribution in [3.63, 3.8) is 0 Å². The molecular weight excluding hydrogens is 338 g/mol. The highest BCUT2D eigenvalue weighted by Crippen LogP contribution is 2.31. The lowest BCUT2D eigenvalue weighted by atomic mass is 10.0. The lowest BCUT2D eigenvalue weighted by Gasteiger charge is -2.17. The van der Waals surface area contributed by atoms with Crippen LogP contribution in [0.15, 0.2) is 15.8 Å². The number of hydrogen-bond donors (Lipinski definition) is 5. The topological polar surface area (TPSA) is 177 Å². The van der Waals surface area contributed by atoms with Gasteiger partial charge in [0.25, 0.3) is 5.56 Å². The van der Waals surface area contributed by atoms with Gasteiger partial charge in [-0.15, -0.1) is 0 Å². The van der Waals surface area contributed by atoms with E-state index in [0.29, 0.717) is 0 Å². The number of aliphatic hydroxyl groups is 3. The normalized spacial score (nSPS) is 27.4. The van der Waals surface area contributed by atoms with Gasteiger partial charge in [0, 0.05) is 19.8 Å². The molecule has 1 saturated heterocycles. The second-order valence-corrected chi connectivity index (χ2v) is 5.93. The average molecular weight is 359 g/mol. The third-order valence-corrected chi connectivity index (χ3v) is 4.19. The van der Waals surface area contributed by atoms with Crippen molar-refractivity contribution in [3.05, 3.63) is 32.6 Å². The molecule has 0 aliphatic carbocycles. The third-order valence-electron chi connectivity index (χ3n) is 4.19. The van der Waals surface area contributed by atoms with E-state index < -0.39 is 54.3 Å². The number of rotatable bonds is 6. The van der Waals surface area contributed by atoms with Crippen LogP contribution in [-0.2, 0) is 23.1 Å². The van der Waals surface area contributed by atoms with Crippen LogP contribution in [-0.4, -0.2) is 66.5 Å². The molecule has 6 N–H and O–H groups in total. The van der Waals surface area contributed by atoms with Gasteiger partial charge in [0.2, 0.25) is 0 Å². The van der Waals surface area contributed by atoms with E-state index in [1.54, 1.807) is 0 Å². The Morgan fingerprint density at radius 3 is 2.52 bits per heavy atom. The fourth-order valence-electron chi connectivity index (χ4n) is 2.69. The first kappa shape index (κ1) is 19.3. The first-order valence-corrected chi connectivity index (χ1v) is 7.60. The minimum absolute atomic E-state index is 0.0894. The number of aliphatic hydroxyl groups excluding tert-OH is 3. The number of hydrogen-bond acceptors (Lipinski definition) is 8. The minimum Gasteiger partial charge on any atom is -0.480 e. The van der Waals surface area contributed by atoms with Crippen molar-refractivity contribution in [3.8, 4) is 0 Å². The first-order chi connectivity index (χ1) is 11.7. The van der Waals surface area contributed by atoms with Gasteiger partial charge in [-0.05, 0) is 6.42 Å². The molecule has 0 saturated carbocycles. The Morgan fingerprint density at radius 2 is 2.00 bits per heavy atom. The predicted molar refractivity (Wildman–Crippen MR) is 82.9 cm³/mol. The molecule has 5 atom stereocenters. The standard InChI is InChI=1S/C14H21N3O8/c1-16-4-6(11-10(20)9(19)8(5-18)25-11)12(21)17(14(16)24)3-2-7(15)13(22)23/h4,7-11,18-20H,2-3,5,15H2,1H3,(H,22,23)/t7?,8-,9-,10-,11+/m1/s1. The second-order valence-electron chi connectivity index (χ2n) is 5.93. The molecule has 2 rings (SSSR count). The Hall–Kier alpha value is -2.05. The summed E-state index contributed by atoms with van der Waals surface area (Å²) in [5.41, 5.74) is 3.84. The Morgan fingerprint density at radius 1 is 1.36 bits per heavy atom. The quantitative estimate of drug-likeness (QED) is 0.345. The van der Waals surface area contributed by atoms with Crippen LogP contribution < -0.4 is 17.0 Å². The molecule has 11 nitrogen and oxygen atoms in total. The van der Waals surface area contributed by atoms with Crippen molar-refractivity contribution < 1.29 is 30.0 Å². The average Bonchev–Trinajstić information content (AvgIpc) is 2.85. The molecule has 0 spiro atoms. The van der Waals surface area contributed by atoms with Crippen LogP contribution in [0.5, 0.6) is 0 Å². The van der Waals surface area contributed by atoms with Crippen LogP contribution in [0.3, 0.4) is 0 Å². The Kier molecular flexibility index (Phi) is 5.75. The highest BCUT2D eigenvalue weighted by Gasteiger charge is 2.44. The molecule has 0 aromatic carbocycles. The highest BCUT2D eigenvalue weighted by molar-refractivity contribution is 5.72. The molecule has 25 heavy (non-hydrogen) atoms. The molecule has 1 aromatic rings. The maximum Gasteiger partial charge on any atom is 0.330 e. The summed E-state index contributed by atoms with van der Waals surface area (Å²) in [7, 11) is 1.38. The number of carboxylic acid groups (broad SMARTS) is 1. The number of nitrogens with two attached hydrogens (primary N) is 1. The molecule has 1 aliphatic rings. The van der Waals surface area contributed by atoms with Crippen molar-refractivity contribution in [2.75, 3.05) is 6.61 Å². The molecule has 1 aliphatic heterocycles. The fourth-order valence-corrected chi connectivity index (χ4v) is 2.69. The maximum atomic E-state index is 12.6. The van der Waals surface area contributed by atoms with Gasteiger partial charge in [-0.1, -0.05) is 0 Å². The number of aliphatic carboxylic acids is 1. The van der Waals surface area contributed by atoms with Crippen LogP contribution in [0.4, 0.5) is 0 Å². The van der Waals surface area contributed by atoms with Crippen molar-refractivity contribution in [2.24, 2.45) is 12.8 Å². The summed E-state index contributed by atoms with van der Waals surface area (Å²) in [5.74, 6) is -1.26. The molecule has 1 aromatic heterocycles. The van der Waals surface area contributed by atoms with Gasteiger partial charge in [0.15, 0.2) is 0 Å². The lowest BCUT2D eigenvalue weighted by Crippen LogP contribution is -2.44. The van der Waals surface area contributed by atoms with Gasteiger partial charge >= 0.3 is 11.7 Å². The molecule has 1 fully saturated rings. The van der Waals surface area contributed by atoms with Crippen LogP contribution in [0.2, 0.25) is 0 Å². The highest BCUT2D eigenvalue weighted by atomic mass is 16.6. The number of aryl methyl sites for hydroxylation is 1. The van der Waals surface area contributed by atoms with Gasteiger partial charge in [-0.2, -0.15) is 0 Å². The summed E-state index contributed by atoms with van der Waals surface area (Å²) >= 11 is 0. The van der Waals surface area contributed by atoms with Crippen LogP contribution in [0, 0.1) is 0 Å². The van der Waals surface area contributed by atoms with Gasteiger partial charge in [-0.3, -0.25) is 14.2 Å². The Balaban J connectivity index is 2.40. The van der Waals surface area contributed by atoms with E-state index in [-0.39, 0.29) is 18.5 Å². The lowest BCUT2D eigenvalue weighted by molar-refractivity contribution is -0.138. The summed E-state index contributed by atoms with van der Waals surface area (Å²) in [6.07, 6.45) is -4.11. The van der Waals surface area contributed by atoms with E-state index in [2.05, 4.69) is 0 Å². The summed E-state index contributed by atoms with van der Waals surface area (Å²) < 4.78 is 7.20. The van der Waals surface area contributed by atoms with E-state index in [4.69, 9.17) is 20.7 Å². The van der Waals surface area contributed by atoms with E-state index in [9.17, 15) is 24.6 Å². The van der Waals surface area contributed by atoms with E-state index in [1.165, 1.54) is 13.2 Å². The van der Waals surface area contributed by atoms with E-state index >= 15 is 0 Å². The van der Waals surface area contributed by atoms with Crippen molar-refractivity contribution >= 4 is 5.97 Å². The Bertz CT molecular complexity index is 757. The predicted octanol–water partition coefficient (Wildman–Crippen LogP) is -3.50. The molecule has 0 bridgehead atoms. The first-order valence-electron chi connectivity index (χ1n) is 7.60. The zero-order chi connectivity index (χ0) is 18.9. The van der Waals surface area contributed by atoms with Gasteiger partial charge < -0.3 is 35.5 Å². The zero-order valence-corrected chi connectivity index (χ0v) is 13.5. The summed E-state index contributed by atoms with van der Waals surface area (Å²) in [4.78, 5) is 35.5. The van der Waals surface area contributed by atoms with E-state index in [0.717, 1.165) is 9.13 Å². The van der Waals surface area contributed by atoms with Crippen molar-refractivity contribution in [1.82, 2.24) is 9.13 Å². The number of ether oxygens (including phenoxy) is 1. The molecule has 140 valence electrons. The molecule has 0 radical (unpaired) electrons. The van der Waals surface area contributed by atoms with Crippen LogP contribution >= 0.6 is 0 Å². The number of aromatic nitrogens is 2. The number of carboxylic acids is 1. The van der Waals surface area contributed by atoms with Crippen LogP contribution in [0.1, 0.15) is 18.1 Å². The SMILES string of the molecule is Cn1cc([C@@H]2O[C@H](CO)[C@@H](O)[C@H]2O)c(=O)n(CCC(N)C(=O)O)c1=O. The van der Waals surface area contributed by atoms with Crippen molar-refractivity contribution in [1.29, 1.82) is 0 Å². The summed E-state index contributed by atoms with van der Waals surface area (Å²) in [6.45, 7) is -0.788. The molecular formula is C14H21N3O8. The van der Waals surface area contributed by atoms with Gasteiger partial charge in [0.1, 0.15) is 30.5 Å².